The van der Waals surface area contributed by atoms with Gasteiger partial charge in [0, 0.05) is 6.42 Å². The zero-order chi connectivity index (χ0) is 12.9. The molecule has 0 unspecified atom stereocenters. The van der Waals surface area contributed by atoms with Gasteiger partial charge in [-0.15, -0.1) is 0 Å². The van der Waals surface area contributed by atoms with Gasteiger partial charge in [0.2, 0.25) is 0 Å². The predicted molar refractivity (Wildman–Crippen MR) is 73.3 cm³/mol. The van der Waals surface area contributed by atoms with Crippen molar-refractivity contribution in [3.8, 4) is 0 Å². The lowest BCUT2D eigenvalue weighted by Gasteiger charge is -2.14. The number of aliphatic carboxylic acids is 1. The van der Waals surface area contributed by atoms with Gasteiger partial charge in [-0.1, -0.05) is 71.6 Å². The van der Waals surface area contributed by atoms with Crippen molar-refractivity contribution in [1.29, 1.82) is 0 Å². The fraction of sp³-hybridized carbons (Fsp3) is 0.933. The fourth-order valence-corrected chi connectivity index (χ4v) is 2.49. The molecule has 0 saturated heterocycles. The van der Waals surface area contributed by atoms with E-state index in [0.29, 0.717) is 6.42 Å². The van der Waals surface area contributed by atoms with Crippen LogP contribution in [0.2, 0.25) is 0 Å². The van der Waals surface area contributed by atoms with E-state index < -0.39 is 5.97 Å². The summed E-state index contributed by atoms with van der Waals surface area (Å²) in [6.07, 6.45) is 12.8. The van der Waals surface area contributed by atoms with Gasteiger partial charge >= 0.3 is 5.97 Å². The summed E-state index contributed by atoms with van der Waals surface area (Å²) in [6.45, 7) is 4.54. The summed E-state index contributed by atoms with van der Waals surface area (Å²) in [5, 5.41) is 8.51. The molecule has 0 radical (unpaired) electrons. The molecule has 17 heavy (non-hydrogen) atoms. The average molecular weight is 242 g/mol. The molecule has 0 atom stereocenters. The van der Waals surface area contributed by atoms with E-state index in [1.807, 2.05) is 0 Å². The summed E-state index contributed by atoms with van der Waals surface area (Å²) in [5.41, 5.74) is 0. The van der Waals surface area contributed by atoms with Gasteiger partial charge in [0.1, 0.15) is 0 Å². The second-order valence-corrected chi connectivity index (χ2v) is 5.14. The van der Waals surface area contributed by atoms with Gasteiger partial charge in [-0.2, -0.15) is 0 Å². The van der Waals surface area contributed by atoms with Crippen molar-refractivity contribution >= 4 is 5.97 Å². The zero-order valence-electron chi connectivity index (χ0n) is 11.7. The molecule has 0 aliphatic carbocycles. The van der Waals surface area contributed by atoms with Crippen LogP contribution < -0.4 is 0 Å². The van der Waals surface area contributed by atoms with Gasteiger partial charge in [-0.05, 0) is 12.3 Å². The first-order valence-corrected chi connectivity index (χ1v) is 7.42. The molecule has 0 spiro atoms. The van der Waals surface area contributed by atoms with Crippen LogP contribution in [-0.4, -0.2) is 11.1 Å². The van der Waals surface area contributed by atoms with Crippen LogP contribution in [0.15, 0.2) is 0 Å². The summed E-state index contributed by atoms with van der Waals surface area (Å²) in [4.78, 5) is 10.3. The van der Waals surface area contributed by atoms with Gasteiger partial charge in [-0.25, -0.2) is 0 Å². The third kappa shape index (κ3) is 11.7. The molecule has 0 aliphatic heterocycles. The number of hydrogen-bond acceptors (Lipinski definition) is 1. The zero-order valence-corrected chi connectivity index (χ0v) is 11.7. The monoisotopic (exact) mass is 242 g/mol. The SMILES string of the molecule is CCCC(CCC)CCCCCCCC(=O)O. The number of carbonyl (C=O) groups is 1. The molecule has 0 aromatic rings. The summed E-state index contributed by atoms with van der Waals surface area (Å²) in [6, 6.07) is 0. The Morgan fingerprint density at radius 1 is 0.882 bits per heavy atom. The van der Waals surface area contributed by atoms with E-state index in [2.05, 4.69) is 13.8 Å². The minimum Gasteiger partial charge on any atom is -0.481 e. The maximum atomic E-state index is 10.3. The van der Waals surface area contributed by atoms with Crippen LogP contribution in [0.3, 0.4) is 0 Å². The highest BCUT2D eigenvalue weighted by atomic mass is 16.4. The molecule has 2 heteroatoms. The van der Waals surface area contributed by atoms with Gasteiger partial charge in [0.15, 0.2) is 0 Å². The summed E-state index contributed by atoms with van der Waals surface area (Å²) < 4.78 is 0. The topological polar surface area (TPSA) is 37.3 Å². The Labute approximate surface area is 107 Å². The molecule has 0 saturated carbocycles. The van der Waals surface area contributed by atoms with Crippen LogP contribution in [0.1, 0.15) is 84.5 Å². The van der Waals surface area contributed by atoms with E-state index in [4.69, 9.17) is 5.11 Å². The lowest BCUT2D eigenvalue weighted by atomic mass is 9.92. The van der Waals surface area contributed by atoms with Crippen LogP contribution in [0.4, 0.5) is 0 Å². The second kappa shape index (κ2) is 11.9. The average Bonchev–Trinajstić information content (AvgIpc) is 2.28. The minimum atomic E-state index is -0.657. The standard InChI is InChI=1S/C15H30O2/c1-3-10-14(11-4-2)12-8-6-5-7-9-13-15(16)17/h14H,3-13H2,1-2H3,(H,16,17). The van der Waals surface area contributed by atoms with E-state index in [1.165, 1.54) is 51.4 Å². The molecule has 0 fully saturated rings. The molecule has 1 N–H and O–H groups in total. The van der Waals surface area contributed by atoms with Crippen molar-refractivity contribution < 1.29 is 9.90 Å². The van der Waals surface area contributed by atoms with E-state index in [9.17, 15) is 4.79 Å². The quantitative estimate of drug-likeness (QED) is 0.488. The van der Waals surface area contributed by atoms with Crippen molar-refractivity contribution in [2.45, 2.75) is 84.5 Å². The van der Waals surface area contributed by atoms with E-state index >= 15 is 0 Å². The largest absolute Gasteiger partial charge is 0.481 e. The van der Waals surface area contributed by atoms with Gasteiger partial charge in [0.25, 0.3) is 0 Å². The Hall–Kier alpha value is -0.530. The molecule has 0 aromatic heterocycles. The predicted octanol–water partition coefficient (Wildman–Crippen LogP) is 5.02. The number of carboxylic acid groups (broad SMARTS) is 1. The first-order valence-electron chi connectivity index (χ1n) is 7.42. The Balaban J connectivity index is 3.32. The van der Waals surface area contributed by atoms with Crippen molar-refractivity contribution in [3.63, 3.8) is 0 Å². The lowest BCUT2D eigenvalue weighted by Crippen LogP contribution is -1.99. The summed E-state index contributed by atoms with van der Waals surface area (Å²) >= 11 is 0. The highest BCUT2D eigenvalue weighted by molar-refractivity contribution is 5.66. The van der Waals surface area contributed by atoms with Gasteiger partial charge in [0.05, 0.1) is 0 Å². The lowest BCUT2D eigenvalue weighted by molar-refractivity contribution is -0.137. The smallest absolute Gasteiger partial charge is 0.303 e. The Morgan fingerprint density at radius 2 is 1.41 bits per heavy atom. The number of hydrogen-bond donors (Lipinski definition) is 1. The van der Waals surface area contributed by atoms with Gasteiger partial charge in [-0.3, -0.25) is 4.79 Å². The van der Waals surface area contributed by atoms with Crippen LogP contribution in [0.25, 0.3) is 0 Å². The molecule has 102 valence electrons. The first kappa shape index (κ1) is 16.5. The van der Waals surface area contributed by atoms with E-state index in [0.717, 1.165) is 18.8 Å². The van der Waals surface area contributed by atoms with Crippen molar-refractivity contribution in [3.05, 3.63) is 0 Å². The molecular formula is C15H30O2. The van der Waals surface area contributed by atoms with E-state index in [-0.39, 0.29) is 0 Å². The molecule has 0 aliphatic rings. The second-order valence-electron chi connectivity index (χ2n) is 5.14. The number of carboxylic acids is 1. The van der Waals surface area contributed by atoms with Crippen molar-refractivity contribution in [2.24, 2.45) is 5.92 Å². The summed E-state index contributed by atoms with van der Waals surface area (Å²) in [7, 11) is 0. The summed E-state index contributed by atoms with van der Waals surface area (Å²) in [5.74, 6) is 0.278. The maximum Gasteiger partial charge on any atom is 0.303 e. The maximum absolute atomic E-state index is 10.3. The van der Waals surface area contributed by atoms with Crippen molar-refractivity contribution in [1.82, 2.24) is 0 Å². The molecule has 0 rings (SSSR count). The fourth-order valence-electron chi connectivity index (χ4n) is 2.49. The van der Waals surface area contributed by atoms with Crippen LogP contribution in [0, 0.1) is 5.92 Å². The molecule has 0 aromatic carbocycles. The Kier molecular flexibility index (Phi) is 11.6. The third-order valence-electron chi connectivity index (χ3n) is 3.40. The molecular weight excluding hydrogens is 212 g/mol. The van der Waals surface area contributed by atoms with Gasteiger partial charge < -0.3 is 5.11 Å². The van der Waals surface area contributed by atoms with Crippen molar-refractivity contribution in [2.75, 3.05) is 0 Å². The highest BCUT2D eigenvalue weighted by Gasteiger charge is 2.05. The minimum absolute atomic E-state index is 0.342. The molecule has 0 heterocycles. The van der Waals surface area contributed by atoms with Crippen LogP contribution in [0.5, 0.6) is 0 Å². The number of unbranched alkanes of at least 4 members (excludes halogenated alkanes) is 4. The third-order valence-corrected chi connectivity index (χ3v) is 3.40. The normalized spacial score (nSPS) is 11.0. The highest BCUT2D eigenvalue weighted by Crippen LogP contribution is 2.21. The molecule has 2 nitrogen and oxygen atoms in total. The van der Waals surface area contributed by atoms with E-state index in [1.54, 1.807) is 0 Å². The Bertz CT molecular complexity index is 172. The van der Waals surface area contributed by atoms with Crippen LogP contribution >= 0.6 is 0 Å². The molecule has 0 bridgehead atoms. The first-order chi connectivity index (χ1) is 8.20. The Morgan fingerprint density at radius 3 is 1.94 bits per heavy atom. The van der Waals surface area contributed by atoms with Crippen LogP contribution in [-0.2, 0) is 4.79 Å². The molecule has 0 amide bonds. The number of rotatable bonds is 12.